The fourth-order valence-electron chi connectivity index (χ4n) is 3.19. The Balaban J connectivity index is 1.89. The Morgan fingerprint density at radius 3 is 2.60 bits per heavy atom. The number of hydrogen-bond donors (Lipinski definition) is 0. The van der Waals surface area contributed by atoms with E-state index in [0.717, 1.165) is 23.2 Å². The fraction of sp³-hybridized carbons (Fsp3) is 0.263. The molecule has 0 bridgehead atoms. The van der Waals surface area contributed by atoms with Crippen LogP contribution < -0.4 is 4.74 Å². The maximum absolute atomic E-state index is 13.0. The highest BCUT2D eigenvalue weighted by atomic mass is 32.2. The van der Waals surface area contributed by atoms with Crippen LogP contribution in [0, 0.1) is 0 Å². The molecule has 6 heteroatoms. The predicted molar refractivity (Wildman–Crippen MR) is 97.4 cm³/mol. The Hall–Kier alpha value is -2.31. The van der Waals surface area contributed by atoms with Crippen molar-refractivity contribution in [2.75, 3.05) is 13.7 Å². The van der Waals surface area contributed by atoms with E-state index >= 15 is 0 Å². The van der Waals surface area contributed by atoms with Crippen LogP contribution >= 0.6 is 0 Å². The van der Waals surface area contributed by atoms with Crippen LogP contribution in [-0.2, 0) is 16.6 Å². The second-order valence-corrected chi connectivity index (χ2v) is 8.29. The number of aromatic nitrogens is 1. The first-order valence-corrected chi connectivity index (χ1v) is 9.69. The zero-order chi connectivity index (χ0) is 17.6. The maximum atomic E-state index is 13.0. The molecule has 0 saturated carbocycles. The van der Waals surface area contributed by atoms with Crippen molar-refractivity contribution in [1.29, 1.82) is 0 Å². The van der Waals surface area contributed by atoms with Crippen molar-refractivity contribution in [2.24, 2.45) is 0 Å². The fourth-order valence-corrected chi connectivity index (χ4v) is 4.56. The van der Waals surface area contributed by atoms with Crippen LogP contribution in [-0.4, -0.2) is 37.0 Å². The standard InChI is InChI=1S/C19H20N2O3S/c1-14-13-24-19-9-8-18-16(17(19)12-20(14)2)10-11-21(18)25(22,23)15-6-4-3-5-7-15/h3-11,14H,12-13H2,1-2H3/t14-/m1/s1. The third-order valence-electron chi connectivity index (χ3n) is 4.85. The van der Waals surface area contributed by atoms with Crippen LogP contribution in [0.15, 0.2) is 59.6 Å². The largest absolute Gasteiger partial charge is 0.492 e. The molecule has 0 aliphatic carbocycles. The molecule has 2 aromatic carbocycles. The molecule has 0 N–H and O–H groups in total. The first kappa shape index (κ1) is 16.2. The summed E-state index contributed by atoms with van der Waals surface area (Å²) in [6, 6.07) is 14.4. The van der Waals surface area contributed by atoms with Gasteiger partial charge in [0.25, 0.3) is 10.0 Å². The molecule has 0 saturated heterocycles. The number of benzene rings is 2. The third kappa shape index (κ3) is 2.62. The number of likely N-dealkylation sites (N-methyl/N-ethyl adjacent to an activating group) is 1. The normalized spacial score (nSPS) is 18.6. The monoisotopic (exact) mass is 356 g/mol. The van der Waals surface area contributed by atoms with Crippen LogP contribution in [0.25, 0.3) is 10.9 Å². The van der Waals surface area contributed by atoms with Gasteiger partial charge in [0.05, 0.1) is 10.4 Å². The zero-order valence-electron chi connectivity index (χ0n) is 14.2. The summed E-state index contributed by atoms with van der Waals surface area (Å²) in [5.41, 5.74) is 1.71. The molecule has 1 aromatic heterocycles. The summed E-state index contributed by atoms with van der Waals surface area (Å²) < 4.78 is 33.2. The highest BCUT2D eigenvalue weighted by Crippen LogP contribution is 2.33. The lowest BCUT2D eigenvalue weighted by atomic mass is 10.1. The Kier molecular flexibility index (Phi) is 3.81. The van der Waals surface area contributed by atoms with Gasteiger partial charge >= 0.3 is 0 Å². The van der Waals surface area contributed by atoms with Crippen LogP contribution in [0.1, 0.15) is 12.5 Å². The Labute approximate surface area is 147 Å². The molecule has 1 aliphatic heterocycles. The second-order valence-electron chi connectivity index (χ2n) is 6.48. The van der Waals surface area contributed by atoms with E-state index in [-0.39, 0.29) is 4.90 Å². The van der Waals surface area contributed by atoms with Gasteiger partial charge in [-0.3, -0.25) is 4.90 Å². The van der Waals surface area contributed by atoms with E-state index < -0.39 is 10.0 Å². The van der Waals surface area contributed by atoms with Crippen LogP contribution in [0.5, 0.6) is 5.75 Å². The molecule has 3 aromatic rings. The maximum Gasteiger partial charge on any atom is 0.268 e. The van der Waals surface area contributed by atoms with Gasteiger partial charge in [-0.2, -0.15) is 0 Å². The van der Waals surface area contributed by atoms with E-state index in [0.29, 0.717) is 18.2 Å². The van der Waals surface area contributed by atoms with Crippen LogP contribution in [0.4, 0.5) is 0 Å². The van der Waals surface area contributed by atoms with Crippen molar-refractivity contribution >= 4 is 20.9 Å². The van der Waals surface area contributed by atoms with E-state index in [1.165, 1.54) is 3.97 Å². The van der Waals surface area contributed by atoms with E-state index in [1.54, 1.807) is 36.5 Å². The van der Waals surface area contributed by atoms with Crippen molar-refractivity contribution in [2.45, 2.75) is 24.4 Å². The summed E-state index contributed by atoms with van der Waals surface area (Å²) in [4.78, 5) is 2.50. The summed E-state index contributed by atoms with van der Waals surface area (Å²) >= 11 is 0. The molecule has 0 radical (unpaired) electrons. The van der Waals surface area contributed by atoms with E-state index in [1.807, 2.05) is 18.2 Å². The lowest BCUT2D eigenvalue weighted by Crippen LogP contribution is -2.31. The number of nitrogens with zero attached hydrogens (tertiary/aromatic N) is 2. The quantitative estimate of drug-likeness (QED) is 0.708. The smallest absolute Gasteiger partial charge is 0.268 e. The van der Waals surface area contributed by atoms with Gasteiger partial charge in [0, 0.05) is 29.7 Å². The lowest BCUT2D eigenvalue weighted by molar-refractivity contribution is 0.189. The van der Waals surface area contributed by atoms with Crippen molar-refractivity contribution in [1.82, 2.24) is 8.87 Å². The number of fused-ring (bicyclic) bond motifs is 3. The molecule has 0 fully saturated rings. The van der Waals surface area contributed by atoms with Gasteiger partial charge < -0.3 is 4.74 Å². The van der Waals surface area contributed by atoms with E-state index in [9.17, 15) is 8.42 Å². The second kappa shape index (κ2) is 5.89. The summed E-state index contributed by atoms with van der Waals surface area (Å²) in [6.45, 7) is 3.47. The Bertz CT molecular complexity index is 1030. The average molecular weight is 356 g/mol. The summed E-state index contributed by atoms with van der Waals surface area (Å²) in [6.07, 6.45) is 1.63. The Morgan fingerprint density at radius 2 is 1.84 bits per heavy atom. The Morgan fingerprint density at radius 1 is 1.08 bits per heavy atom. The number of hydrogen-bond acceptors (Lipinski definition) is 4. The van der Waals surface area contributed by atoms with Crippen molar-refractivity contribution in [3.63, 3.8) is 0 Å². The molecule has 25 heavy (non-hydrogen) atoms. The van der Waals surface area contributed by atoms with E-state index in [4.69, 9.17) is 4.74 Å². The topological polar surface area (TPSA) is 51.5 Å². The SMILES string of the molecule is C[C@@H]1COc2ccc3c(ccn3S(=O)(=O)c3ccccc3)c2CN1C. The van der Waals surface area contributed by atoms with Gasteiger partial charge in [0.2, 0.25) is 0 Å². The molecular formula is C19H20N2O3S. The average Bonchev–Trinajstić information content (AvgIpc) is 3.00. The van der Waals surface area contributed by atoms with Gasteiger partial charge in [-0.05, 0) is 44.3 Å². The zero-order valence-corrected chi connectivity index (χ0v) is 15.0. The van der Waals surface area contributed by atoms with E-state index in [2.05, 4.69) is 18.9 Å². The lowest BCUT2D eigenvalue weighted by Gasteiger charge is -2.20. The molecule has 1 atom stereocenters. The minimum absolute atomic E-state index is 0.282. The first-order chi connectivity index (χ1) is 12.0. The van der Waals surface area contributed by atoms with Crippen LogP contribution in [0.2, 0.25) is 0 Å². The first-order valence-electron chi connectivity index (χ1n) is 8.25. The van der Waals surface area contributed by atoms with Gasteiger partial charge in [-0.25, -0.2) is 12.4 Å². The molecule has 2 heterocycles. The molecule has 1 aliphatic rings. The molecule has 130 valence electrons. The summed E-state index contributed by atoms with van der Waals surface area (Å²) in [7, 11) is -1.56. The highest BCUT2D eigenvalue weighted by molar-refractivity contribution is 7.90. The van der Waals surface area contributed by atoms with Crippen molar-refractivity contribution in [3.8, 4) is 5.75 Å². The molecule has 0 spiro atoms. The minimum atomic E-state index is -3.62. The molecular weight excluding hydrogens is 336 g/mol. The van der Waals surface area contributed by atoms with Crippen molar-refractivity contribution in [3.05, 3.63) is 60.3 Å². The molecule has 5 nitrogen and oxygen atoms in total. The highest BCUT2D eigenvalue weighted by Gasteiger charge is 2.24. The number of rotatable bonds is 2. The van der Waals surface area contributed by atoms with Gasteiger partial charge in [-0.15, -0.1) is 0 Å². The molecule has 0 unspecified atom stereocenters. The summed E-state index contributed by atoms with van der Waals surface area (Å²) in [5.74, 6) is 0.832. The minimum Gasteiger partial charge on any atom is -0.492 e. The van der Waals surface area contributed by atoms with Gasteiger partial charge in [0.15, 0.2) is 0 Å². The van der Waals surface area contributed by atoms with Crippen LogP contribution in [0.3, 0.4) is 0 Å². The van der Waals surface area contributed by atoms with Crippen molar-refractivity contribution < 1.29 is 13.2 Å². The molecule has 4 rings (SSSR count). The third-order valence-corrected chi connectivity index (χ3v) is 6.55. The molecule has 0 amide bonds. The number of ether oxygens (including phenoxy) is 1. The summed E-state index contributed by atoms with van der Waals surface area (Å²) in [5, 5.41) is 0.915. The predicted octanol–water partition coefficient (Wildman–Crippen LogP) is 3.09. The van der Waals surface area contributed by atoms with Gasteiger partial charge in [0.1, 0.15) is 12.4 Å². The van der Waals surface area contributed by atoms with Gasteiger partial charge in [-0.1, -0.05) is 18.2 Å².